The molecule has 0 saturated heterocycles. The van der Waals surface area contributed by atoms with Crippen LogP contribution in [0.2, 0.25) is 0 Å². The van der Waals surface area contributed by atoms with Gasteiger partial charge >= 0.3 is 6.03 Å². The molecule has 2 aromatic carbocycles. The number of benzene rings is 2. The Morgan fingerprint density at radius 3 is 2.56 bits per heavy atom. The number of methoxy groups -OCH3 is 1. The quantitative estimate of drug-likeness (QED) is 0.820. The van der Waals surface area contributed by atoms with Crippen molar-refractivity contribution in [3.63, 3.8) is 0 Å². The number of ether oxygens (including phenoxy) is 3. The molecule has 0 aromatic heterocycles. The van der Waals surface area contributed by atoms with Gasteiger partial charge < -0.3 is 24.8 Å². The Bertz CT molecular complexity index is 802. The van der Waals surface area contributed by atoms with Gasteiger partial charge in [0.1, 0.15) is 19.0 Å². The highest BCUT2D eigenvalue weighted by Crippen LogP contribution is 2.41. The highest BCUT2D eigenvalue weighted by molar-refractivity contribution is 5.74. The van der Waals surface area contributed by atoms with Crippen molar-refractivity contribution in [1.29, 1.82) is 0 Å². The van der Waals surface area contributed by atoms with E-state index in [1.165, 1.54) is 0 Å². The standard InChI is InChI=1S/C21H24N2O4/c1-25-17-7-5-16(6-8-17)20(15-3-4-15)23-21(24)22-13-14-2-9-18-19(12-14)27-11-10-26-18/h2,5-9,12,15,20H,3-4,10-11,13H2,1H3,(H2,22,23,24). The first kappa shape index (κ1) is 17.5. The van der Waals surface area contributed by atoms with E-state index in [4.69, 9.17) is 14.2 Å². The third-order valence-electron chi connectivity index (χ3n) is 4.91. The van der Waals surface area contributed by atoms with Crippen molar-refractivity contribution >= 4 is 6.03 Å². The maximum Gasteiger partial charge on any atom is 0.315 e. The zero-order chi connectivity index (χ0) is 18.6. The molecule has 1 heterocycles. The van der Waals surface area contributed by atoms with Crippen molar-refractivity contribution < 1.29 is 19.0 Å². The summed E-state index contributed by atoms with van der Waals surface area (Å²) in [6, 6.07) is 13.5. The number of hydrogen-bond donors (Lipinski definition) is 2. The minimum Gasteiger partial charge on any atom is -0.497 e. The molecule has 2 aliphatic rings. The molecule has 1 unspecified atom stereocenters. The molecule has 2 N–H and O–H groups in total. The molecule has 0 spiro atoms. The first-order valence-electron chi connectivity index (χ1n) is 9.30. The van der Waals surface area contributed by atoms with Gasteiger partial charge in [-0.2, -0.15) is 0 Å². The van der Waals surface area contributed by atoms with E-state index in [-0.39, 0.29) is 12.1 Å². The van der Waals surface area contributed by atoms with E-state index in [1.807, 2.05) is 42.5 Å². The SMILES string of the molecule is COc1ccc(C(NC(=O)NCc2ccc3c(c2)OCCO3)C2CC2)cc1. The predicted octanol–water partition coefficient (Wildman–Crippen LogP) is 3.42. The summed E-state index contributed by atoms with van der Waals surface area (Å²) in [7, 11) is 1.65. The molecule has 1 aliphatic carbocycles. The number of nitrogens with one attached hydrogen (secondary N) is 2. The van der Waals surface area contributed by atoms with Gasteiger partial charge in [0.25, 0.3) is 0 Å². The van der Waals surface area contributed by atoms with E-state index < -0.39 is 0 Å². The molecule has 1 saturated carbocycles. The molecule has 0 radical (unpaired) electrons. The highest BCUT2D eigenvalue weighted by Gasteiger charge is 2.33. The van der Waals surface area contributed by atoms with Crippen LogP contribution in [0.5, 0.6) is 17.2 Å². The normalized spacial score (nSPS) is 16.3. The summed E-state index contributed by atoms with van der Waals surface area (Å²) < 4.78 is 16.3. The van der Waals surface area contributed by atoms with Gasteiger partial charge in [-0.15, -0.1) is 0 Å². The second-order valence-electron chi connectivity index (χ2n) is 6.89. The second kappa shape index (κ2) is 7.78. The van der Waals surface area contributed by atoms with E-state index in [0.717, 1.165) is 41.2 Å². The Balaban J connectivity index is 1.36. The van der Waals surface area contributed by atoms with Crippen molar-refractivity contribution in [1.82, 2.24) is 10.6 Å². The average Bonchev–Trinajstić information content (AvgIpc) is 3.55. The van der Waals surface area contributed by atoms with Crippen molar-refractivity contribution in [2.45, 2.75) is 25.4 Å². The lowest BCUT2D eigenvalue weighted by atomic mass is 10.0. The summed E-state index contributed by atoms with van der Waals surface area (Å²) in [5.41, 5.74) is 2.08. The summed E-state index contributed by atoms with van der Waals surface area (Å²) in [5, 5.41) is 6.06. The second-order valence-corrected chi connectivity index (χ2v) is 6.89. The number of rotatable bonds is 6. The summed E-state index contributed by atoms with van der Waals surface area (Å²) in [5.74, 6) is 2.80. The van der Waals surface area contributed by atoms with Gasteiger partial charge in [0.2, 0.25) is 0 Å². The molecule has 6 nitrogen and oxygen atoms in total. The van der Waals surface area contributed by atoms with Gasteiger partial charge in [-0.1, -0.05) is 18.2 Å². The fraction of sp³-hybridized carbons (Fsp3) is 0.381. The summed E-state index contributed by atoms with van der Waals surface area (Å²) in [6.07, 6.45) is 2.28. The van der Waals surface area contributed by atoms with Gasteiger partial charge in [-0.25, -0.2) is 4.79 Å². The Labute approximate surface area is 158 Å². The topological polar surface area (TPSA) is 68.8 Å². The first-order valence-corrected chi connectivity index (χ1v) is 9.30. The number of fused-ring (bicyclic) bond motifs is 1. The fourth-order valence-electron chi connectivity index (χ4n) is 3.29. The number of hydrogen-bond acceptors (Lipinski definition) is 4. The van der Waals surface area contributed by atoms with E-state index in [9.17, 15) is 4.79 Å². The zero-order valence-electron chi connectivity index (χ0n) is 15.4. The number of carbonyl (C=O) groups is 1. The number of urea groups is 1. The largest absolute Gasteiger partial charge is 0.497 e. The minimum atomic E-state index is -0.169. The lowest BCUT2D eigenvalue weighted by Crippen LogP contribution is -2.38. The molecule has 2 aromatic rings. The molecular weight excluding hydrogens is 344 g/mol. The molecule has 6 heteroatoms. The maximum absolute atomic E-state index is 12.4. The Hall–Kier alpha value is -2.89. The predicted molar refractivity (Wildman–Crippen MR) is 101 cm³/mol. The first-order chi connectivity index (χ1) is 13.2. The van der Waals surface area contributed by atoms with Crippen LogP contribution in [-0.2, 0) is 6.54 Å². The van der Waals surface area contributed by atoms with Crippen LogP contribution in [0.25, 0.3) is 0 Å². The van der Waals surface area contributed by atoms with Gasteiger partial charge in [0, 0.05) is 6.54 Å². The molecule has 2 amide bonds. The minimum absolute atomic E-state index is 0.0242. The number of carbonyl (C=O) groups excluding carboxylic acids is 1. The van der Waals surface area contributed by atoms with Crippen LogP contribution in [0.15, 0.2) is 42.5 Å². The average molecular weight is 368 g/mol. The maximum atomic E-state index is 12.4. The van der Waals surface area contributed by atoms with Crippen molar-refractivity contribution in [3.05, 3.63) is 53.6 Å². The molecular formula is C21H24N2O4. The molecule has 27 heavy (non-hydrogen) atoms. The third kappa shape index (κ3) is 4.27. The fourth-order valence-corrected chi connectivity index (χ4v) is 3.29. The molecule has 0 bridgehead atoms. The van der Waals surface area contributed by atoms with Crippen molar-refractivity contribution in [3.8, 4) is 17.2 Å². The molecule has 1 aliphatic heterocycles. The van der Waals surface area contributed by atoms with E-state index in [0.29, 0.717) is 25.7 Å². The summed E-state index contributed by atoms with van der Waals surface area (Å²) >= 11 is 0. The van der Waals surface area contributed by atoms with Crippen molar-refractivity contribution in [2.24, 2.45) is 5.92 Å². The molecule has 4 rings (SSSR count). The van der Waals surface area contributed by atoms with Crippen LogP contribution in [-0.4, -0.2) is 26.4 Å². The van der Waals surface area contributed by atoms with Gasteiger partial charge in [0.05, 0.1) is 13.2 Å². The third-order valence-corrected chi connectivity index (χ3v) is 4.91. The van der Waals surface area contributed by atoms with Crippen LogP contribution in [0.3, 0.4) is 0 Å². The van der Waals surface area contributed by atoms with Crippen LogP contribution >= 0.6 is 0 Å². The number of amides is 2. The Morgan fingerprint density at radius 2 is 1.85 bits per heavy atom. The van der Waals surface area contributed by atoms with Crippen LogP contribution in [0.4, 0.5) is 4.79 Å². The monoisotopic (exact) mass is 368 g/mol. The zero-order valence-corrected chi connectivity index (χ0v) is 15.4. The van der Waals surface area contributed by atoms with Gasteiger partial charge in [-0.05, 0) is 54.2 Å². The van der Waals surface area contributed by atoms with Gasteiger partial charge in [0.15, 0.2) is 11.5 Å². The Kier molecular flexibility index (Phi) is 5.05. The van der Waals surface area contributed by atoms with E-state index >= 15 is 0 Å². The van der Waals surface area contributed by atoms with E-state index in [1.54, 1.807) is 7.11 Å². The smallest absolute Gasteiger partial charge is 0.315 e. The summed E-state index contributed by atoms with van der Waals surface area (Å²) in [4.78, 5) is 12.4. The van der Waals surface area contributed by atoms with Crippen molar-refractivity contribution in [2.75, 3.05) is 20.3 Å². The molecule has 142 valence electrons. The highest BCUT2D eigenvalue weighted by atomic mass is 16.6. The lowest BCUT2D eigenvalue weighted by molar-refractivity contribution is 0.171. The molecule has 1 fully saturated rings. The van der Waals surface area contributed by atoms with Crippen LogP contribution < -0.4 is 24.8 Å². The Morgan fingerprint density at radius 1 is 1.11 bits per heavy atom. The van der Waals surface area contributed by atoms with Crippen LogP contribution in [0, 0.1) is 5.92 Å². The van der Waals surface area contributed by atoms with Gasteiger partial charge in [-0.3, -0.25) is 0 Å². The lowest BCUT2D eigenvalue weighted by Gasteiger charge is -2.20. The van der Waals surface area contributed by atoms with Crippen LogP contribution in [0.1, 0.15) is 30.0 Å². The summed E-state index contributed by atoms with van der Waals surface area (Å²) in [6.45, 7) is 1.55. The molecule has 1 atom stereocenters. The van der Waals surface area contributed by atoms with E-state index in [2.05, 4.69) is 10.6 Å².